The highest BCUT2D eigenvalue weighted by Gasteiger charge is 2.13. The van der Waals surface area contributed by atoms with Gasteiger partial charge in [0.15, 0.2) is 0 Å². The standard InChI is InChI=1S/C20H15N3O/c21-19(24)18(11-14-12-23-20-16(14)9-4-10-22-20)17-8-3-6-13-5-1-2-7-15(13)17/h1-12H,(H2,21,24)(H,22,23). The van der Waals surface area contributed by atoms with Crippen molar-refractivity contribution < 1.29 is 4.79 Å². The van der Waals surface area contributed by atoms with Gasteiger partial charge in [0.1, 0.15) is 5.65 Å². The van der Waals surface area contributed by atoms with Gasteiger partial charge in [-0.2, -0.15) is 0 Å². The molecule has 0 spiro atoms. The van der Waals surface area contributed by atoms with Crippen molar-refractivity contribution in [2.24, 2.45) is 5.73 Å². The molecular formula is C20H15N3O. The maximum absolute atomic E-state index is 12.1. The first-order chi connectivity index (χ1) is 11.7. The average molecular weight is 313 g/mol. The molecule has 4 nitrogen and oxygen atoms in total. The van der Waals surface area contributed by atoms with E-state index in [9.17, 15) is 4.79 Å². The molecule has 1 amide bonds. The normalized spacial score (nSPS) is 11.9. The number of carbonyl (C=O) groups excluding carboxylic acids is 1. The van der Waals surface area contributed by atoms with Gasteiger partial charge in [0.05, 0.1) is 0 Å². The largest absolute Gasteiger partial charge is 0.366 e. The second kappa shape index (κ2) is 5.66. The number of pyridine rings is 1. The minimum Gasteiger partial charge on any atom is -0.366 e. The molecule has 2 aromatic carbocycles. The highest BCUT2D eigenvalue weighted by atomic mass is 16.1. The van der Waals surface area contributed by atoms with Crippen LogP contribution in [0.25, 0.3) is 33.5 Å². The van der Waals surface area contributed by atoms with E-state index in [1.807, 2.05) is 66.9 Å². The van der Waals surface area contributed by atoms with Gasteiger partial charge in [-0.3, -0.25) is 4.79 Å². The SMILES string of the molecule is NC(=O)C(=Cc1c[nH]c2ncccc12)c1cccc2ccccc12. The molecule has 0 aliphatic rings. The second-order valence-electron chi connectivity index (χ2n) is 5.59. The van der Waals surface area contributed by atoms with E-state index in [4.69, 9.17) is 5.73 Å². The molecule has 24 heavy (non-hydrogen) atoms. The molecule has 0 saturated heterocycles. The number of nitrogens with one attached hydrogen (secondary N) is 1. The van der Waals surface area contributed by atoms with Gasteiger partial charge in [-0.05, 0) is 34.5 Å². The number of hydrogen-bond acceptors (Lipinski definition) is 2. The van der Waals surface area contributed by atoms with E-state index in [-0.39, 0.29) is 0 Å². The van der Waals surface area contributed by atoms with Crippen LogP contribution >= 0.6 is 0 Å². The van der Waals surface area contributed by atoms with E-state index in [1.54, 1.807) is 6.20 Å². The molecule has 4 heteroatoms. The molecule has 4 aromatic rings. The smallest absolute Gasteiger partial charge is 0.249 e. The minimum atomic E-state index is -0.454. The molecular weight excluding hydrogens is 298 g/mol. The Kier molecular flexibility index (Phi) is 3.35. The Balaban J connectivity index is 1.96. The Morgan fingerprint density at radius 1 is 1.00 bits per heavy atom. The first-order valence-electron chi connectivity index (χ1n) is 7.66. The monoisotopic (exact) mass is 313 g/mol. The lowest BCUT2D eigenvalue weighted by Crippen LogP contribution is -2.13. The van der Waals surface area contributed by atoms with Crippen LogP contribution in [0, 0.1) is 0 Å². The van der Waals surface area contributed by atoms with Crippen molar-refractivity contribution in [3.8, 4) is 0 Å². The van der Waals surface area contributed by atoms with E-state index in [0.717, 1.165) is 32.9 Å². The number of aromatic nitrogens is 2. The van der Waals surface area contributed by atoms with Gasteiger partial charge < -0.3 is 10.7 Å². The lowest BCUT2D eigenvalue weighted by Gasteiger charge is -2.08. The summed E-state index contributed by atoms with van der Waals surface area (Å²) in [5, 5.41) is 3.03. The number of rotatable bonds is 3. The Hall–Kier alpha value is -3.40. The van der Waals surface area contributed by atoms with E-state index in [1.165, 1.54) is 0 Å². The van der Waals surface area contributed by atoms with Crippen LogP contribution in [0.5, 0.6) is 0 Å². The Morgan fingerprint density at radius 2 is 1.79 bits per heavy atom. The van der Waals surface area contributed by atoms with Gasteiger partial charge in [0.25, 0.3) is 0 Å². The molecule has 2 heterocycles. The molecule has 4 rings (SSSR count). The number of fused-ring (bicyclic) bond motifs is 2. The van der Waals surface area contributed by atoms with Crippen LogP contribution in [0.1, 0.15) is 11.1 Å². The Morgan fingerprint density at radius 3 is 2.67 bits per heavy atom. The molecule has 0 bridgehead atoms. The predicted molar refractivity (Wildman–Crippen MR) is 97.1 cm³/mol. The van der Waals surface area contributed by atoms with Crippen molar-refractivity contribution in [1.82, 2.24) is 9.97 Å². The molecule has 3 N–H and O–H groups in total. The van der Waals surface area contributed by atoms with Crippen LogP contribution in [0.3, 0.4) is 0 Å². The number of aromatic amines is 1. The summed E-state index contributed by atoms with van der Waals surface area (Å²) in [7, 11) is 0. The van der Waals surface area contributed by atoms with Crippen LogP contribution in [-0.2, 0) is 4.79 Å². The Bertz CT molecular complexity index is 1090. The average Bonchev–Trinajstić information content (AvgIpc) is 3.02. The maximum Gasteiger partial charge on any atom is 0.249 e. The van der Waals surface area contributed by atoms with E-state index >= 15 is 0 Å². The quantitative estimate of drug-likeness (QED) is 0.566. The lowest BCUT2D eigenvalue weighted by atomic mass is 9.96. The lowest BCUT2D eigenvalue weighted by molar-refractivity contribution is -0.112. The summed E-state index contributed by atoms with van der Waals surface area (Å²) in [4.78, 5) is 19.5. The number of nitrogens with two attached hydrogens (primary N) is 1. The number of nitrogens with zero attached hydrogens (tertiary/aromatic N) is 1. The summed E-state index contributed by atoms with van der Waals surface area (Å²) >= 11 is 0. The summed E-state index contributed by atoms with van der Waals surface area (Å²) in [5.74, 6) is -0.454. The summed E-state index contributed by atoms with van der Waals surface area (Å²) in [6, 6.07) is 17.7. The van der Waals surface area contributed by atoms with Crippen LogP contribution in [0.2, 0.25) is 0 Å². The summed E-state index contributed by atoms with van der Waals surface area (Å²) in [6.07, 6.45) is 5.39. The van der Waals surface area contributed by atoms with Crippen LogP contribution in [0.15, 0.2) is 67.0 Å². The summed E-state index contributed by atoms with van der Waals surface area (Å²) < 4.78 is 0. The van der Waals surface area contributed by atoms with Gasteiger partial charge in [-0.25, -0.2) is 4.98 Å². The van der Waals surface area contributed by atoms with Gasteiger partial charge in [0, 0.05) is 28.9 Å². The summed E-state index contributed by atoms with van der Waals surface area (Å²) in [6.45, 7) is 0. The van der Waals surface area contributed by atoms with Gasteiger partial charge in [0.2, 0.25) is 5.91 Å². The molecule has 0 radical (unpaired) electrons. The third kappa shape index (κ3) is 2.34. The van der Waals surface area contributed by atoms with Crippen LogP contribution in [0.4, 0.5) is 0 Å². The molecule has 0 aliphatic carbocycles. The minimum absolute atomic E-state index is 0.454. The summed E-state index contributed by atoms with van der Waals surface area (Å²) in [5.41, 5.74) is 8.67. The first-order valence-corrected chi connectivity index (χ1v) is 7.66. The number of hydrogen-bond donors (Lipinski definition) is 2. The number of amides is 1. The molecule has 0 aliphatic heterocycles. The third-order valence-corrected chi connectivity index (χ3v) is 4.13. The molecule has 0 saturated carbocycles. The fourth-order valence-electron chi connectivity index (χ4n) is 2.99. The Labute approximate surface area is 138 Å². The fourth-order valence-corrected chi connectivity index (χ4v) is 2.99. The van der Waals surface area contributed by atoms with Crippen molar-refractivity contribution in [3.05, 3.63) is 78.1 Å². The predicted octanol–water partition coefficient (Wildman–Crippen LogP) is 3.74. The molecule has 0 unspecified atom stereocenters. The zero-order valence-corrected chi connectivity index (χ0v) is 12.9. The zero-order chi connectivity index (χ0) is 16.5. The van der Waals surface area contributed by atoms with Crippen molar-refractivity contribution in [2.45, 2.75) is 0 Å². The van der Waals surface area contributed by atoms with Crippen LogP contribution in [-0.4, -0.2) is 15.9 Å². The fraction of sp³-hybridized carbons (Fsp3) is 0. The van der Waals surface area contributed by atoms with Crippen molar-refractivity contribution in [1.29, 1.82) is 0 Å². The number of H-pyrrole nitrogens is 1. The number of primary amides is 1. The van der Waals surface area contributed by atoms with E-state index < -0.39 is 5.91 Å². The van der Waals surface area contributed by atoms with Crippen molar-refractivity contribution in [2.75, 3.05) is 0 Å². The van der Waals surface area contributed by atoms with Gasteiger partial charge in [-0.15, -0.1) is 0 Å². The van der Waals surface area contributed by atoms with Crippen LogP contribution < -0.4 is 5.73 Å². The van der Waals surface area contributed by atoms with Gasteiger partial charge in [-0.1, -0.05) is 42.5 Å². The van der Waals surface area contributed by atoms with E-state index in [2.05, 4.69) is 9.97 Å². The molecule has 0 atom stereocenters. The highest BCUT2D eigenvalue weighted by molar-refractivity contribution is 6.27. The number of benzene rings is 2. The van der Waals surface area contributed by atoms with Crippen molar-refractivity contribution >= 4 is 39.4 Å². The molecule has 0 fully saturated rings. The second-order valence-corrected chi connectivity index (χ2v) is 5.59. The van der Waals surface area contributed by atoms with Crippen molar-refractivity contribution in [3.63, 3.8) is 0 Å². The zero-order valence-electron chi connectivity index (χ0n) is 12.9. The molecule has 116 valence electrons. The molecule has 2 aromatic heterocycles. The first kappa shape index (κ1) is 14.2. The van der Waals surface area contributed by atoms with Gasteiger partial charge >= 0.3 is 0 Å². The highest BCUT2D eigenvalue weighted by Crippen LogP contribution is 2.28. The third-order valence-electron chi connectivity index (χ3n) is 4.13. The maximum atomic E-state index is 12.1. The topological polar surface area (TPSA) is 71.8 Å². The van der Waals surface area contributed by atoms with E-state index in [0.29, 0.717) is 5.57 Å². The number of carbonyl (C=O) groups is 1.